The predicted octanol–water partition coefficient (Wildman–Crippen LogP) is 1.50. The van der Waals surface area contributed by atoms with Gasteiger partial charge in [-0.25, -0.2) is 4.79 Å². The normalized spacial score (nSPS) is 29.8. The fraction of sp³-hybridized carbons (Fsp3) is 0.833. The van der Waals surface area contributed by atoms with E-state index >= 15 is 0 Å². The van der Waals surface area contributed by atoms with Crippen molar-refractivity contribution in [3.05, 3.63) is 16.4 Å². The van der Waals surface area contributed by atoms with E-state index in [1.165, 1.54) is 4.68 Å². The average molecular weight is 240 g/mol. The summed E-state index contributed by atoms with van der Waals surface area (Å²) in [6.45, 7) is 5.96. The van der Waals surface area contributed by atoms with Crippen LogP contribution in [0.1, 0.15) is 45.0 Å². The van der Waals surface area contributed by atoms with Crippen molar-refractivity contribution in [2.75, 3.05) is 0 Å². The minimum atomic E-state index is -0.410. The van der Waals surface area contributed by atoms with Crippen molar-refractivity contribution < 1.29 is 9.52 Å². The summed E-state index contributed by atoms with van der Waals surface area (Å²) in [6, 6.07) is -0.0382. The Morgan fingerprint density at radius 1 is 1.47 bits per heavy atom. The smallest absolute Gasteiger partial charge is 0.393 e. The highest BCUT2D eigenvalue weighted by Crippen LogP contribution is 2.37. The van der Waals surface area contributed by atoms with Crippen LogP contribution in [0.4, 0.5) is 0 Å². The monoisotopic (exact) mass is 240 g/mol. The van der Waals surface area contributed by atoms with E-state index in [-0.39, 0.29) is 12.1 Å². The van der Waals surface area contributed by atoms with Gasteiger partial charge in [0.2, 0.25) is 5.89 Å². The van der Waals surface area contributed by atoms with Crippen LogP contribution in [0.25, 0.3) is 0 Å². The SMILES string of the molecule is Cc1nn(C2CC(O)CCC2C(C)C)c(=O)o1. The predicted molar refractivity (Wildman–Crippen MR) is 62.7 cm³/mol. The van der Waals surface area contributed by atoms with Gasteiger partial charge in [0.05, 0.1) is 12.1 Å². The summed E-state index contributed by atoms with van der Waals surface area (Å²) in [5.41, 5.74) is 0. The van der Waals surface area contributed by atoms with Crippen molar-refractivity contribution in [3.63, 3.8) is 0 Å². The van der Waals surface area contributed by atoms with Crippen LogP contribution in [-0.2, 0) is 0 Å². The van der Waals surface area contributed by atoms with E-state index < -0.39 is 5.76 Å². The second-order valence-corrected chi connectivity index (χ2v) is 5.27. The zero-order valence-corrected chi connectivity index (χ0v) is 10.6. The summed E-state index contributed by atoms with van der Waals surface area (Å²) in [5, 5.41) is 13.9. The molecule has 0 radical (unpaired) electrons. The summed E-state index contributed by atoms with van der Waals surface area (Å²) in [6.07, 6.45) is 2.00. The minimum absolute atomic E-state index is 0.0382. The molecule has 1 aliphatic carbocycles. The summed E-state index contributed by atoms with van der Waals surface area (Å²) in [4.78, 5) is 11.7. The van der Waals surface area contributed by atoms with E-state index in [0.717, 1.165) is 12.8 Å². The summed E-state index contributed by atoms with van der Waals surface area (Å²) in [7, 11) is 0. The molecule has 1 aromatic rings. The van der Waals surface area contributed by atoms with Crippen LogP contribution in [-0.4, -0.2) is 21.0 Å². The lowest BCUT2D eigenvalue weighted by molar-refractivity contribution is 0.0496. The Morgan fingerprint density at radius 2 is 2.18 bits per heavy atom. The molecule has 1 saturated carbocycles. The Hall–Kier alpha value is -1.10. The Labute approximate surface area is 100 Å². The highest BCUT2D eigenvalue weighted by atomic mass is 16.4. The van der Waals surface area contributed by atoms with Crippen LogP contribution in [0, 0.1) is 18.8 Å². The average Bonchev–Trinajstić information content (AvgIpc) is 2.57. The molecule has 3 unspecified atom stereocenters. The van der Waals surface area contributed by atoms with Gasteiger partial charge in [-0.05, 0) is 31.1 Å². The van der Waals surface area contributed by atoms with Crippen LogP contribution < -0.4 is 5.76 Å². The van der Waals surface area contributed by atoms with Gasteiger partial charge in [0.15, 0.2) is 0 Å². The number of aliphatic hydroxyl groups is 1. The molecule has 5 nitrogen and oxygen atoms in total. The fourth-order valence-electron chi connectivity index (χ4n) is 2.80. The van der Waals surface area contributed by atoms with Crippen molar-refractivity contribution >= 4 is 0 Å². The molecule has 1 aliphatic rings. The van der Waals surface area contributed by atoms with E-state index in [9.17, 15) is 9.90 Å². The maximum absolute atomic E-state index is 11.7. The Bertz CT molecular complexity index is 435. The maximum atomic E-state index is 11.7. The zero-order chi connectivity index (χ0) is 12.6. The van der Waals surface area contributed by atoms with Crippen molar-refractivity contribution in [3.8, 4) is 0 Å². The standard InChI is InChI=1S/C12H20N2O3/c1-7(2)10-5-4-9(15)6-11(10)14-12(16)17-8(3)13-14/h7,9-11,15H,4-6H2,1-3H3. The number of nitrogens with zero attached hydrogens (tertiary/aromatic N) is 2. The van der Waals surface area contributed by atoms with Crippen molar-refractivity contribution in [2.45, 2.75) is 52.2 Å². The number of hydrogen-bond donors (Lipinski definition) is 1. The van der Waals surface area contributed by atoms with Crippen molar-refractivity contribution in [1.29, 1.82) is 0 Å². The second kappa shape index (κ2) is 4.64. The van der Waals surface area contributed by atoms with Gasteiger partial charge >= 0.3 is 5.76 Å². The number of hydrogen-bond acceptors (Lipinski definition) is 4. The zero-order valence-electron chi connectivity index (χ0n) is 10.6. The molecule has 0 aromatic carbocycles. The highest BCUT2D eigenvalue weighted by Gasteiger charge is 2.34. The van der Waals surface area contributed by atoms with Gasteiger partial charge < -0.3 is 9.52 Å². The van der Waals surface area contributed by atoms with Crippen LogP contribution in [0.15, 0.2) is 9.21 Å². The van der Waals surface area contributed by atoms with Crippen molar-refractivity contribution in [1.82, 2.24) is 9.78 Å². The third kappa shape index (κ3) is 2.44. The molecule has 1 heterocycles. The molecule has 0 aliphatic heterocycles. The summed E-state index contributed by atoms with van der Waals surface area (Å²) < 4.78 is 6.36. The lowest BCUT2D eigenvalue weighted by atomic mass is 9.77. The molecule has 96 valence electrons. The molecule has 0 spiro atoms. The van der Waals surface area contributed by atoms with E-state index in [1.54, 1.807) is 6.92 Å². The molecule has 3 atom stereocenters. The first-order chi connectivity index (χ1) is 7.99. The quantitative estimate of drug-likeness (QED) is 0.850. The number of rotatable bonds is 2. The van der Waals surface area contributed by atoms with Gasteiger partial charge in [-0.3, -0.25) is 0 Å². The van der Waals surface area contributed by atoms with E-state index in [0.29, 0.717) is 24.1 Å². The Kier molecular flexibility index (Phi) is 3.38. The first-order valence-corrected chi connectivity index (χ1v) is 6.23. The van der Waals surface area contributed by atoms with Crippen LogP contribution >= 0.6 is 0 Å². The number of aryl methyl sites for hydroxylation is 1. The molecule has 0 bridgehead atoms. The molecular weight excluding hydrogens is 220 g/mol. The van der Waals surface area contributed by atoms with Gasteiger partial charge in [0, 0.05) is 6.92 Å². The van der Waals surface area contributed by atoms with Crippen LogP contribution in [0.5, 0.6) is 0 Å². The van der Waals surface area contributed by atoms with E-state index in [4.69, 9.17) is 4.42 Å². The summed E-state index contributed by atoms with van der Waals surface area (Å²) >= 11 is 0. The topological polar surface area (TPSA) is 68.3 Å². The largest absolute Gasteiger partial charge is 0.437 e. The van der Waals surface area contributed by atoms with Crippen LogP contribution in [0.3, 0.4) is 0 Å². The van der Waals surface area contributed by atoms with Crippen LogP contribution in [0.2, 0.25) is 0 Å². The van der Waals surface area contributed by atoms with Crippen molar-refractivity contribution in [2.24, 2.45) is 11.8 Å². The minimum Gasteiger partial charge on any atom is -0.393 e. The molecule has 0 saturated heterocycles. The molecule has 0 amide bonds. The molecule has 2 rings (SSSR count). The van der Waals surface area contributed by atoms with Gasteiger partial charge in [0.1, 0.15) is 0 Å². The third-order valence-corrected chi connectivity index (χ3v) is 3.68. The molecule has 1 fully saturated rings. The first kappa shape index (κ1) is 12.4. The lowest BCUT2D eigenvalue weighted by Gasteiger charge is -2.35. The maximum Gasteiger partial charge on any atom is 0.437 e. The number of aromatic nitrogens is 2. The molecule has 1 N–H and O–H groups in total. The lowest BCUT2D eigenvalue weighted by Crippen LogP contribution is -2.37. The van der Waals surface area contributed by atoms with Gasteiger partial charge in [-0.1, -0.05) is 13.8 Å². The van der Waals surface area contributed by atoms with Gasteiger partial charge in [-0.15, -0.1) is 5.10 Å². The summed E-state index contributed by atoms with van der Waals surface area (Å²) in [5.74, 6) is 0.821. The van der Waals surface area contributed by atoms with Gasteiger partial charge in [-0.2, -0.15) is 4.68 Å². The molecule has 5 heteroatoms. The third-order valence-electron chi connectivity index (χ3n) is 3.68. The highest BCUT2D eigenvalue weighted by molar-refractivity contribution is 4.86. The molecular formula is C12H20N2O3. The Morgan fingerprint density at radius 3 is 2.71 bits per heavy atom. The molecule has 1 aromatic heterocycles. The van der Waals surface area contributed by atoms with E-state index in [1.807, 2.05) is 0 Å². The van der Waals surface area contributed by atoms with Gasteiger partial charge in [0.25, 0.3) is 0 Å². The Balaban J connectivity index is 2.32. The molecule has 17 heavy (non-hydrogen) atoms. The fourth-order valence-corrected chi connectivity index (χ4v) is 2.80. The first-order valence-electron chi connectivity index (χ1n) is 6.23. The van der Waals surface area contributed by atoms with E-state index in [2.05, 4.69) is 18.9 Å². The number of aliphatic hydroxyl groups excluding tert-OH is 1. The second-order valence-electron chi connectivity index (χ2n) is 5.27.